The van der Waals surface area contributed by atoms with E-state index in [0.29, 0.717) is 19.4 Å². The van der Waals surface area contributed by atoms with Gasteiger partial charge in [0.2, 0.25) is 0 Å². The van der Waals surface area contributed by atoms with Gasteiger partial charge in [-0.05, 0) is 20.3 Å². The van der Waals surface area contributed by atoms with Gasteiger partial charge in [-0.2, -0.15) is 0 Å². The molecule has 0 aromatic carbocycles. The van der Waals surface area contributed by atoms with Crippen LogP contribution in [0.3, 0.4) is 0 Å². The van der Waals surface area contributed by atoms with Crippen LogP contribution in [0.2, 0.25) is 0 Å². The summed E-state index contributed by atoms with van der Waals surface area (Å²) in [5.41, 5.74) is 5.77. The lowest BCUT2D eigenvalue weighted by atomic mass is 10.1. The fourth-order valence-electron chi connectivity index (χ4n) is 1.01. The van der Waals surface area contributed by atoms with Crippen LogP contribution in [0, 0.1) is 0 Å². The third kappa shape index (κ3) is 5.60. The number of hydrogen-bond acceptors (Lipinski definition) is 4. The Labute approximate surface area is 79.4 Å². The Bertz CT molecular complexity index is 150. The highest BCUT2D eigenvalue weighted by Gasteiger charge is 2.14. The van der Waals surface area contributed by atoms with Gasteiger partial charge < -0.3 is 15.2 Å². The number of methoxy groups -OCH3 is 1. The highest BCUT2D eigenvalue weighted by molar-refractivity contribution is 5.69. The van der Waals surface area contributed by atoms with Crippen LogP contribution in [0.15, 0.2) is 0 Å². The van der Waals surface area contributed by atoms with E-state index < -0.39 is 0 Å². The molecule has 4 heteroatoms. The molecule has 4 nitrogen and oxygen atoms in total. The molecule has 2 atom stereocenters. The van der Waals surface area contributed by atoms with Crippen molar-refractivity contribution in [2.75, 3.05) is 13.7 Å². The summed E-state index contributed by atoms with van der Waals surface area (Å²) < 4.78 is 9.80. The first-order valence-corrected chi connectivity index (χ1v) is 4.55. The molecule has 2 N–H and O–H groups in total. The molecule has 2 unspecified atom stereocenters. The van der Waals surface area contributed by atoms with Crippen molar-refractivity contribution in [2.24, 2.45) is 5.73 Å². The highest BCUT2D eigenvalue weighted by atomic mass is 16.5. The lowest BCUT2D eigenvalue weighted by Gasteiger charge is -2.18. The summed E-state index contributed by atoms with van der Waals surface area (Å²) in [7, 11) is 1.37. The van der Waals surface area contributed by atoms with E-state index in [-0.39, 0.29) is 18.1 Å². The Balaban J connectivity index is 3.60. The van der Waals surface area contributed by atoms with Gasteiger partial charge >= 0.3 is 5.97 Å². The molecule has 0 heterocycles. The zero-order valence-electron chi connectivity index (χ0n) is 8.58. The SMILES string of the molecule is CCOC(C)C(N)CCC(=O)OC. The van der Waals surface area contributed by atoms with E-state index in [9.17, 15) is 4.79 Å². The molecule has 78 valence electrons. The Morgan fingerprint density at radius 2 is 2.15 bits per heavy atom. The third-order valence-corrected chi connectivity index (χ3v) is 1.94. The van der Waals surface area contributed by atoms with Crippen molar-refractivity contribution in [3.05, 3.63) is 0 Å². The molecule has 0 rings (SSSR count). The van der Waals surface area contributed by atoms with Gasteiger partial charge in [-0.25, -0.2) is 0 Å². The van der Waals surface area contributed by atoms with Crippen LogP contribution < -0.4 is 5.73 Å². The summed E-state index contributed by atoms with van der Waals surface area (Å²) in [6, 6.07) is -0.0981. The normalized spacial score (nSPS) is 15.1. The molecule has 0 saturated heterocycles. The van der Waals surface area contributed by atoms with E-state index in [4.69, 9.17) is 10.5 Å². The molecule has 0 fully saturated rings. The quantitative estimate of drug-likeness (QED) is 0.624. The van der Waals surface area contributed by atoms with Crippen molar-refractivity contribution < 1.29 is 14.3 Å². The summed E-state index contributed by atoms with van der Waals surface area (Å²) in [6.07, 6.45) is 0.956. The van der Waals surface area contributed by atoms with Crippen molar-refractivity contribution in [1.82, 2.24) is 0 Å². The zero-order chi connectivity index (χ0) is 10.3. The second-order valence-electron chi connectivity index (χ2n) is 2.94. The number of rotatable bonds is 6. The highest BCUT2D eigenvalue weighted by Crippen LogP contribution is 2.04. The molecule has 0 aliphatic heterocycles. The second kappa shape index (κ2) is 6.86. The van der Waals surface area contributed by atoms with Crippen molar-refractivity contribution in [1.29, 1.82) is 0 Å². The van der Waals surface area contributed by atoms with Gasteiger partial charge in [0.05, 0.1) is 13.2 Å². The van der Waals surface area contributed by atoms with Gasteiger partial charge in [-0.3, -0.25) is 4.79 Å². The first-order chi connectivity index (χ1) is 6.11. The molecule has 0 aromatic heterocycles. The predicted molar refractivity (Wildman–Crippen MR) is 50.3 cm³/mol. The Hall–Kier alpha value is -0.610. The lowest BCUT2D eigenvalue weighted by molar-refractivity contribution is -0.140. The first kappa shape index (κ1) is 12.4. The van der Waals surface area contributed by atoms with Gasteiger partial charge in [0.25, 0.3) is 0 Å². The molecular weight excluding hydrogens is 170 g/mol. The fraction of sp³-hybridized carbons (Fsp3) is 0.889. The minimum absolute atomic E-state index is 0.00495. The molecule has 0 aromatic rings. The zero-order valence-corrected chi connectivity index (χ0v) is 8.58. The molecule has 13 heavy (non-hydrogen) atoms. The average molecular weight is 189 g/mol. The summed E-state index contributed by atoms with van der Waals surface area (Å²) in [4.78, 5) is 10.8. The summed E-state index contributed by atoms with van der Waals surface area (Å²) >= 11 is 0. The summed E-state index contributed by atoms with van der Waals surface area (Å²) in [5.74, 6) is -0.223. The minimum Gasteiger partial charge on any atom is -0.469 e. The summed E-state index contributed by atoms with van der Waals surface area (Å²) in [6.45, 7) is 4.47. The number of carbonyl (C=O) groups is 1. The molecule has 0 amide bonds. The molecule has 0 aliphatic rings. The maximum absolute atomic E-state index is 10.8. The Kier molecular flexibility index (Phi) is 6.54. The molecule has 0 spiro atoms. The van der Waals surface area contributed by atoms with Crippen molar-refractivity contribution in [2.45, 2.75) is 38.8 Å². The third-order valence-electron chi connectivity index (χ3n) is 1.94. The molecule has 0 bridgehead atoms. The van der Waals surface area contributed by atoms with Crippen LogP contribution in [-0.2, 0) is 14.3 Å². The minimum atomic E-state index is -0.223. The van der Waals surface area contributed by atoms with Gasteiger partial charge in [0.1, 0.15) is 0 Å². The summed E-state index contributed by atoms with van der Waals surface area (Å²) in [5, 5.41) is 0. The van der Waals surface area contributed by atoms with Gasteiger partial charge in [-0.1, -0.05) is 0 Å². The van der Waals surface area contributed by atoms with E-state index in [2.05, 4.69) is 4.74 Å². The average Bonchev–Trinajstić information content (AvgIpc) is 2.13. The van der Waals surface area contributed by atoms with Crippen LogP contribution in [-0.4, -0.2) is 31.8 Å². The van der Waals surface area contributed by atoms with Crippen LogP contribution in [0.5, 0.6) is 0 Å². The van der Waals surface area contributed by atoms with Crippen LogP contribution in [0.25, 0.3) is 0 Å². The largest absolute Gasteiger partial charge is 0.469 e. The van der Waals surface area contributed by atoms with E-state index >= 15 is 0 Å². The van der Waals surface area contributed by atoms with E-state index in [1.807, 2.05) is 13.8 Å². The number of nitrogens with two attached hydrogens (primary N) is 1. The Morgan fingerprint density at radius 3 is 2.62 bits per heavy atom. The smallest absolute Gasteiger partial charge is 0.305 e. The molecule has 0 radical (unpaired) electrons. The second-order valence-corrected chi connectivity index (χ2v) is 2.94. The number of ether oxygens (including phenoxy) is 2. The first-order valence-electron chi connectivity index (χ1n) is 4.55. The number of esters is 1. The fourth-order valence-corrected chi connectivity index (χ4v) is 1.01. The number of carbonyl (C=O) groups excluding carboxylic acids is 1. The predicted octanol–water partition coefficient (Wildman–Crippen LogP) is 0.692. The van der Waals surface area contributed by atoms with Crippen molar-refractivity contribution in [3.8, 4) is 0 Å². The van der Waals surface area contributed by atoms with Crippen LogP contribution in [0.4, 0.5) is 0 Å². The van der Waals surface area contributed by atoms with E-state index in [0.717, 1.165) is 0 Å². The van der Waals surface area contributed by atoms with Crippen LogP contribution >= 0.6 is 0 Å². The van der Waals surface area contributed by atoms with Crippen LogP contribution in [0.1, 0.15) is 26.7 Å². The Morgan fingerprint density at radius 1 is 1.54 bits per heavy atom. The maximum atomic E-state index is 10.8. The van der Waals surface area contributed by atoms with E-state index in [1.54, 1.807) is 0 Å². The van der Waals surface area contributed by atoms with Gasteiger partial charge in [0, 0.05) is 19.1 Å². The van der Waals surface area contributed by atoms with Gasteiger partial charge in [0.15, 0.2) is 0 Å². The van der Waals surface area contributed by atoms with Crippen molar-refractivity contribution >= 4 is 5.97 Å². The number of hydrogen-bond donors (Lipinski definition) is 1. The maximum Gasteiger partial charge on any atom is 0.305 e. The standard InChI is InChI=1S/C9H19NO3/c1-4-13-7(2)8(10)5-6-9(11)12-3/h7-8H,4-6,10H2,1-3H3. The molecule has 0 saturated carbocycles. The van der Waals surface area contributed by atoms with E-state index in [1.165, 1.54) is 7.11 Å². The lowest BCUT2D eigenvalue weighted by Crippen LogP contribution is -2.35. The monoisotopic (exact) mass is 189 g/mol. The molecular formula is C9H19NO3. The molecule has 0 aliphatic carbocycles. The van der Waals surface area contributed by atoms with Gasteiger partial charge in [-0.15, -0.1) is 0 Å². The van der Waals surface area contributed by atoms with Crippen molar-refractivity contribution in [3.63, 3.8) is 0 Å². The topological polar surface area (TPSA) is 61.5 Å².